The fourth-order valence-corrected chi connectivity index (χ4v) is 3.68. The molecule has 36 heavy (non-hydrogen) atoms. The van der Waals surface area contributed by atoms with Crippen molar-refractivity contribution in [3.05, 3.63) is 72.6 Å². The normalized spacial score (nSPS) is 11.8. The van der Waals surface area contributed by atoms with E-state index in [-0.39, 0.29) is 11.7 Å². The number of fused-ring (bicyclic) bond motifs is 1. The molecule has 5 N–H and O–H groups in total. The summed E-state index contributed by atoms with van der Waals surface area (Å²) in [4.78, 5) is 29.3. The van der Waals surface area contributed by atoms with Gasteiger partial charge in [-0.15, -0.1) is 0 Å². The average molecular weight is 485 g/mol. The van der Waals surface area contributed by atoms with Gasteiger partial charge in [-0.1, -0.05) is 13.0 Å². The van der Waals surface area contributed by atoms with Crippen LogP contribution >= 0.6 is 0 Å². The van der Waals surface area contributed by atoms with Crippen LogP contribution in [0.1, 0.15) is 30.6 Å². The van der Waals surface area contributed by atoms with Gasteiger partial charge in [-0.3, -0.25) is 9.79 Å². The number of aromatic nitrogens is 3. The number of nitrogens with one attached hydrogen (secondary N) is 2. The molecule has 1 amide bonds. The Kier molecular flexibility index (Phi) is 7.60. The molecule has 9 nitrogen and oxygen atoms in total. The van der Waals surface area contributed by atoms with E-state index in [1.165, 1.54) is 6.20 Å². The lowest BCUT2D eigenvalue weighted by molar-refractivity contribution is 0.0977. The average Bonchev–Trinajstić information content (AvgIpc) is 3.31. The molecule has 0 unspecified atom stereocenters. The van der Waals surface area contributed by atoms with E-state index in [9.17, 15) is 9.90 Å². The quantitative estimate of drug-likeness (QED) is 0.216. The number of aromatic amines is 1. The first-order valence-corrected chi connectivity index (χ1v) is 11.7. The molecule has 2 aromatic carbocycles. The van der Waals surface area contributed by atoms with E-state index in [2.05, 4.69) is 25.3 Å². The molecular formula is C27H28N6O3. The zero-order chi connectivity index (χ0) is 25.5. The van der Waals surface area contributed by atoms with Gasteiger partial charge in [0.1, 0.15) is 17.4 Å². The molecule has 0 saturated carbocycles. The van der Waals surface area contributed by atoms with Gasteiger partial charge in [-0.25, -0.2) is 9.97 Å². The van der Waals surface area contributed by atoms with Crippen LogP contribution < -0.4 is 15.8 Å². The molecule has 0 aliphatic rings. The van der Waals surface area contributed by atoms with E-state index in [1.807, 2.05) is 32.0 Å². The van der Waals surface area contributed by atoms with Crippen LogP contribution in [-0.4, -0.2) is 45.0 Å². The first-order chi connectivity index (χ1) is 17.5. The van der Waals surface area contributed by atoms with Crippen molar-refractivity contribution in [3.63, 3.8) is 0 Å². The minimum atomic E-state index is -0.314. The lowest BCUT2D eigenvalue weighted by atomic mass is 10.0. The van der Waals surface area contributed by atoms with Crippen molar-refractivity contribution in [2.75, 3.05) is 13.2 Å². The summed E-state index contributed by atoms with van der Waals surface area (Å²) in [5.74, 6) is 1.15. The molecule has 0 aliphatic carbocycles. The van der Waals surface area contributed by atoms with Gasteiger partial charge in [0, 0.05) is 23.9 Å². The van der Waals surface area contributed by atoms with Gasteiger partial charge in [0.2, 0.25) is 5.88 Å². The number of aromatic hydroxyl groups is 1. The summed E-state index contributed by atoms with van der Waals surface area (Å²) in [6, 6.07) is 14.1. The minimum Gasteiger partial charge on any atom is -0.507 e. The standard InChI is InChI=1S/C27H28N6O3/c1-3-13-29-24(11-12-28)33-26(35)18-7-9-21-22(16-18)32-25(31-21)20-15-17(8-10-23(20)34)19-6-5-14-30-27(19)36-4-2/h5-12,14-16,34H,3-4,13,28H2,1-2H3,(H,31,32)(H,29,33,35). The number of ether oxygens (including phenoxy) is 1. The SMILES string of the molecule is CCCN=C(C=CN)NC(=O)c1ccc2nc(-c3cc(-c4cccnc4OCC)ccc3O)[nH]c2c1. The second kappa shape index (κ2) is 11.2. The maximum absolute atomic E-state index is 12.8. The second-order valence-electron chi connectivity index (χ2n) is 7.92. The number of H-pyrrole nitrogens is 1. The molecule has 0 aliphatic heterocycles. The number of phenolic OH excluding ortho intramolecular Hbond substituents is 1. The minimum absolute atomic E-state index is 0.0722. The summed E-state index contributed by atoms with van der Waals surface area (Å²) in [7, 11) is 0. The summed E-state index contributed by atoms with van der Waals surface area (Å²) in [6.07, 6.45) is 5.41. The van der Waals surface area contributed by atoms with E-state index in [4.69, 9.17) is 10.5 Å². The van der Waals surface area contributed by atoms with Crippen LogP contribution in [0.25, 0.3) is 33.5 Å². The highest BCUT2D eigenvalue weighted by molar-refractivity contribution is 6.11. The Morgan fingerprint density at radius 3 is 2.83 bits per heavy atom. The Bertz CT molecular complexity index is 1440. The molecule has 4 aromatic rings. The van der Waals surface area contributed by atoms with Gasteiger partial charge in [0.25, 0.3) is 5.91 Å². The van der Waals surface area contributed by atoms with Crippen LogP contribution in [0.5, 0.6) is 11.6 Å². The second-order valence-corrected chi connectivity index (χ2v) is 7.92. The lowest BCUT2D eigenvalue weighted by Crippen LogP contribution is -2.29. The van der Waals surface area contributed by atoms with E-state index in [0.717, 1.165) is 17.5 Å². The summed E-state index contributed by atoms with van der Waals surface area (Å²) in [5.41, 5.74) is 9.37. The third-order valence-electron chi connectivity index (χ3n) is 5.36. The van der Waals surface area contributed by atoms with Crippen LogP contribution in [0.3, 0.4) is 0 Å². The number of carbonyl (C=O) groups excluding carboxylic acids is 1. The first kappa shape index (κ1) is 24.5. The zero-order valence-corrected chi connectivity index (χ0v) is 20.2. The van der Waals surface area contributed by atoms with Crippen LogP contribution in [0.4, 0.5) is 0 Å². The molecule has 0 bridgehead atoms. The Morgan fingerprint density at radius 2 is 2.06 bits per heavy atom. The van der Waals surface area contributed by atoms with Gasteiger partial charge in [0.05, 0.1) is 23.2 Å². The number of nitrogens with two attached hydrogens (primary N) is 1. The molecule has 2 aromatic heterocycles. The summed E-state index contributed by atoms with van der Waals surface area (Å²) >= 11 is 0. The monoisotopic (exact) mass is 484 g/mol. The van der Waals surface area contributed by atoms with Crippen molar-refractivity contribution in [1.29, 1.82) is 0 Å². The van der Waals surface area contributed by atoms with Gasteiger partial charge < -0.3 is 25.9 Å². The highest BCUT2D eigenvalue weighted by Gasteiger charge is 2.15. The molecule has 184 valence electrons. The summed E-state index contributed by atoms with van der Waals surface area (Å²) in [5, 5.41) is 13.4. The zero-order valence-electron chi connectivity index (χ0n) is 20.2. The Labute approximate surface area is 208 Å². The largest absolute Gasteiger partial charge is 0.507 e. The molecule has 0 fully saturated rings. The molecule has 0 radical (unpaired) electrons. The highest BCUT2D eigenvalue weighted by atomic mass is 16.5. The third kappa shape index (κ3) is 5.35. The molecule has 0 spiro atoms. The maximum atomic E-state index is 12.8. The third-order valence-corrected chi connectivity index (χ3v) is 5.36. The van der Waals surface area contributed by atoms with Crippen LogP contribution in [0.2, 0.25) is 0 Å². The van der Waals surface area contributed by atoms with E-state index >= 15 is 0 Å². The number of hydrogen-bond acceptors (Lipinski definition) is 7. The number of aliphatic imine (C=N–C) groups is 1. The molecule has 0 saturated heterocycles. The maximum Gasteiger partial charge on any atom is 0.256 e. The van der Waals surface area contributed by atoms with E-state index in [0.29, 0.717) is 52.9 Å². The number of carbonyl (C=O) groups is 1. The van der Waals surface area contributed by atoms with E-state index in [1.54, 1.807) is 42.6 Å². The molecule has 2 heterocycles. The predicted molar refractivity (Wildman–Crippen MR) is 141 cm³/mol. The highest BCUT2D eigenvalue weighted by Crippen LogP contribution is 2.35. The van der Waals surface area contributed by atoms with Gasteiger partial charge in [0.15, 0.2) is 0 Å². The molecule has 0 atom stereocenters. The van der Waals surface area contributed by atoms with Crippen molar-refractivity contribution in [2.45, 2.75) is 20.3 Å². The first-order valence-electron chi connectivity index (χ1n) is 11.7. The molecule has 9 heteroatoms. The number of hydrogen-bond donors (Lipinski definition) is 4. The predicted octanol–water partition coefficient (Wildman–Crippen LogP) is 4.41. The fraction of sp³-hybridized carbons (Fsp3) is 0.185. The van der Waals surface area contributed by atoms with Crippen molar-refractivity contribution < 1.29 is 14.6 Å². The number of phenols is 1. The van der Waals surface area contributed by atoms with Crippen LogP contribution in [0.15, 0.2) is 72.0 Å². The summed E-state index contributed by atoms with van der Waals surface area (Å²) < 4.78 is 5.66. The Balaban J connectivity index is 1.66. The van der Waals surface area contributed by atoms with E-state index < -0.39 is 0 Å². The van der Waals surface area contributed by atoms with Crippen molar-refractivity contribution in [3.8, 4) is 34.1 Å². The summed E-state index contributed by atoms with van der Waals surface area (Å²) in [6.45, 7) is 4.97. The lowest BCUT2D eigenvalue weighted by Gasteiger charge is -2.10. The Morgan fingerprint density at radius 1 is 1.19 bits per heavy atom. The number of benzene rings is 2. The van der Waals surface area contributed by atoms with Crippen molar-refractivity contribution in [2.24, 2.45) is 10.7 Å². The van der Waals surface area contributed by atoms with Gasteiger partial charge >= 0.3 is 0 Å². The van der Waals surface area contributed by atoms with Crippen molar-refractivity contribution >= 4 is 22.8 Å². The number of amidine groups is 1. The fourth-order valence-electron chi connectivity index (χ4n) is 3.68. The molecular weight excluding hydrogens is 456 g/mol. The van der Waals surface area contributed by atoms with Crippen LogP contribution in [-0.2, 0) is 0 Å². The Hall–Kier alpha value is -4.66. The number of amides is 1. The smallest absolute Gasteiger partial charge is 0.256 e. The number of imidazole rings is 1. The van der Waals surface area contributed by atoms with Crippen LogP contribution in [0, 0.1) is 0 Å². The molecule has 4 rings (SSSR count). The van der Waals surface area contributed by atoms with Crippen molar-refractivity contribution in [1.82, 2.24) is 20.3 Å². The number of nitrogens with zero attached hydrogens (tertiary/aromatic N) is 3. The number of rotatable bonds is 8. The topological polar surface area (TPSA) is 139 Å². The van der Waals surface area contributed by atoms with Gasteiger partial charge in [-0.05, 0) is 73.6 Å². The van der Waals surface area contributed by atoms with Gasteiger partial charge in [-0.2, -0.15) is 0 Å². The number of pyridine rings is 1.